The lowest BCUT2D eigenvalue weighted by Gasteiger charge is -2.39. The second-order valence-corrected chi connectivity index (χ2v) is 5.01. The van der Waals surface area contributed by atoms with Crippen LogP contribution >= 0.6 is 0 Å². The summed E-state index contributed by atoms with van der Waals surface area (Å²) in [6.45, 7) is -2.41. The van der Waals surface area contributed by atoms with Crippen LogP contribution < -0.4 is 15.8 Å². The fraction of sp³-hybridized carbons (Fsp3) is 0.500. The van der Waals surface area contributed by atoms with E-state index in [1.807, 2.05) is 0 Å². The maximum atomic E-state index is 12.3. The number of hydrogen-bond donors (Lipinski definition) is 2. The third kappa shape index (κ3) is 3.07. The lowest BCUT2D eigenvalue weighted by molar-refractivity contribution is -0.135. The molecule has 1 aliphatic rings. The molecule has 1 saturated carbocycles. The number of benzene rings is 1. The molecule has 0 bridgehead atoms. The number of carbonyl (C=O) groups excluding carboxylic acids is 1. The van der Waals surface area contributed by atoms with Crippen molar-refractivity contribution in [3.05, 3.63) is 29.8 Å². The molecule has 110 valence electrons. The summed E-state index contributed by atoms with van der Waals surface area (Å²) >= 11 is 0. The lowest BCUT2D eigenvalue weighted by atomic mass is 9.68. The minimum Gasteiger partial charge on any atom is -0.434 e. The lowest BCUT2D eigenvalue weighted by Crippen LogP contribution is -2.50. The Morgan fingerprint density at radius 2 is 2.10 bits per heavy atom. The smallest absolute Gasteiger partial charge is 0.387 e. The number of alkyl halides is 2. The number of carbonyl (C=O) groups is 1. The molecule has 4 nitrogen and oxygen atoms in total. The summed E-state index contributed by atoms with van der Waals surface area (Å²) in [6, 6.07) is 6.42. The van der Waals surface area contributed by atoms with E-state index in [0.717, 1.165) is 19.3 Å². The zero-order chi connectivity index (χ0) is 14.6. The quantitative estimate of drug-likeness (QED) is 0.840. The first-order valence-corrected chi connectivity index (χ1v) is 6.58. The highest BCUT2D eigenvalue weighted by Crippen LogP contribution is 2.40. The summed E-state index contributed by atoms with van der Waals surface area (Å²) in [6.07, 6.45) is 2.56. The summed E-state index contributed by atoms with van der Waals surface area (Å²) in [7, 11) is 0. The van der Waals surface area contributed by atoms with Crippen LogP contribution in [0.15, 0.2) is 24.3 Å². The SMILES string of the molecule is NCC1(C(=O)NCc2ccccc2OC(F)F)CCC1. The highest BCUT2D eigenvalue weighted by molar-refractivity contribution is 5.83. The second kappa shape index (κ2) is 6.17. The maximum absolute atomic E-state index is 12.3. The molecule has 0 unspecified atom stereocenters. The Labute approximate surface area is 116 Å². The predicted molar refractivity (Wildman–Crippen MR) is 70.3 cm³/mol. The Morgan fingerprint density at radius 3 is 2.65 bits per heavy atom. The van der Waals surface area contributed by atoms with E-state index in [-0.39, 0.29) is 18.2 Å². The van der Waals surface area contributed by atoms with Gasteiger partial charge >= 0.3 is 6.61 Å². The highest BCUT2D eigenvalue weighted by Gasteiger charge is 2.42. The van der Waals surface area contributed by atoms with Crippen LogP contribution in [0.3, 0.4) is 0 Å². The van der Waals surface area contributed by atoms with Crippen LogP contribution in [0, 0.1) is 5.41 Å². The van der Waals surface area contributed by atoms with Gasteiger partial charge in [-0.15, -0.1) is 0 Å². The van der Waals surface area contributed by atoms with E-state index >= 15 is 0 Å². The van der Waals surface area contributed by atoms with E-state index in [1.165, 1.54) is 6.07 Å². The molecule has 1 aromatic carbocycles. The van der Waals surface area contributed by atoms with E-state index < -0.39 is 12.0 Å². The van der Waals surface area contributed by atoms with Gasteiger partial charge in [0.1, 0.15) is 5.75 Å². The van der Waals surface area contributed by atoms with Gasteiger partial charge in [0.05, 0.1) is 5.41 Å². The predicted octanol–water partition coefficient (Wildman–Crippen LogP) is 2.03. The Hall–Kier alpha value is -1.69. The standard InChI is InChI=1S/C14H18F2N2O2/c15-13(16)20-11-5-2-1-4-10(11)8-18-12(19)14(9-17)6-3-7-14/h1-2,4-5,13H,3,6-9,17H2,(H,18,19). The normalized spacial score (nSPS) is 16.6. The maximum Gasteiger partial charge on any atom is 0.387 e. The molecule has 0 aliphatic heterocycles. The van der Waals surface area contributed by atoms with Gasteiger partial charge in [0, 0.05) is 18.7 Å². The van der Waals surface area contributed by atoms with Crippen LogP contribution in [0.25, 0.3) is 0 Å². The molecule has 6 heteroatoms. The number of nitrogens with two attached hydrogens (primary N) is 1. The molecule has 1 fully saturated rings. The van der Waals surface area contributed by atoms with Gasteiger partial charge in [0.2, 0.25) is 5.91 Å². The summed E-state index contributed by atoms with van der Waals surface area (Å²) < 4.78 is 29.0. The topological polar surface area (TPSA) is 64.4 Å². The molecule has 0 atom stereocenters. The summed E-state index contributed by atoms with van der Waals surface area (Å²) in [5.41, 5.74) is 5.70. The molecule has 0 heterocycles. The van der Waals surface area contributed by atoms with E-state index in [9.17, 15) is 13.6 Å². The zero-order valence-electron chi connectivity index (χ0n) is 11.1. The minimum atomic E-state index is -2.88. The summed E-state index contributed by atoms with van der Waals surface area (Å²) in [4.78, 5) is 12.1. The zero-order valence-corrected chi connectivity index (χ0v) is 11.1. The molecular formula is C14H18F2N2O2. The highest BCUT2D eigenvalue weighted by atomic mass is 19.3. The first-order chi connectivity index (χ1) is 9.57. The van der Waals surface area contributed by atoms with Crippen molar-refractivity contribution in [3.63, 3.8) is 0 Å². The van der Waals surface area contributed by atoms with Gasteiger partial charge in [0.15, 0.2) is 0 Å². The van der Waals surface area contributed by atoms with Gasteiger partial charge in [0.25, 0.3) is 0 Å². The largest absolute Gasteiger partial charge is 0.434 e. The number of halogens is 2. The van der Waals surface area contributed by atoms with Crippen LogP contribution in [-0.2, 0) is 11.3 Å². The molecule has 2 rings (SSSR count). The van der Waals surface area contributed by atoms with Crippen molar-refractivity contribution in [2.45, 2.75) is 32.4 Å². The second-order valence-electron chi connectivity index (χ2n) is 5.01. The Balaban J connectivity index is 1.98. The first-order valence-electron chi connectivity index (χ1n) is 6.58. The van der Waals surface area contributed by atoms with Gasteiger partial charge in [-0.05, 0) is 18.9 Å². The first kappa shape index (κ1) is 14.7. The Morgan fingerprint density at radius 1 is 1.40 bits per heavy atom. The van der Waals surface area contributed by atoms with E-state index in [0.29, 0.717) is 12.1 Å². The average molecular weight is 284 g/mol. The number of rotatable bonds is 6. The monoisotopic (exact) mass is 284 g/mol. The van der Waals surface area contributed by atoms with Gasteiger partial charge in [-0.2, -0.15) is 8.78 Å². The molecule has 0 aromatic heterocycles. The summed E-state index contributed by atoms with van der Waals surface area (Å²) in [5, 5.41) is 2.76. The third-order valence-electron chi connectivity index (χ3n) is 3.81. The molecular weight excluding hydrogens is 266 g/mol. The Kier molecular flexibility index (Phi) is 4.54. The molecule has 1 amide bonds. The number of hydrogen-bond acceptors (Lipinski definition) is 3. The number of para-hydroxylation sites is 1. The van der Waals surface area contributed by atoms with Crippen LogP contribution in [0.5, 0.6) is 5.75 Å². The molecule has 0 radical (unpaired) electrons. The van der Waals surface area contributed by atoms with Crippen molar-refractivity contribution in [1.82, 2.24) is 5.32 Å². The van der Waals surface area contributed by atoms with Gasteiger partial charge in [-0.1, -0.05) is 24.6 Å². The molecule has 0 spiro atoms. The fourth-order valence-electron chi connectivity index (χ4n) is 2.35. The average Bonchev–Trinajstić information content (AvgIpc) is 2.36. The molecule has 3 N–H and O–H groups in total. The van der Waals surface area contributed by atoms with E-state index in [2.05, 4.69) is 10.1 Å². The van der Waals surface area contributed by atoms with E-state index in [1.54, 1.807) is 18.2 Å². The number of ether oxygens (including phenoxy) is 1. The van der Waals surface area contributed by atoms with Crippen LogP contribution in [0.4, 0.5) is 8.78 Å². The van der Waals surface area contributed by atoms with Gasteiger partial charge < -0.3 is 15.8 Å². The van der Waals surface area contributed by atoms with Crippen molar-refractivity contribution in [3.8, 4) is 5.75 Å². The van der Waals surface area contributed by atoms with Crippen LogP contribution in [-0.4, -0.2) is 19.1 Å². The van der Waals surface area contributed by atoms with Crippen LogP contribution in [0.1, 0.15) is 24.8 Å². The van der Waals surface area contributed by atoms with Crippen LogP contribution in [0.2, 0.25) is 0 Å². The van der Waals surface area contributed by atoms with E-state index in [4.69, 9.17) is 5.73 Å². The van der Waals surface area contributed by atoms with Gasteiger partial charge in [-0.3, -0.25) is 4.79 Å². The van der Waals surface area contributed by atoms with Crippen molar-refractivity contribution >= 4 is 5.91 Å². The summed E-state index contributed by atoms with van der Waals surface area (Å²) in [5.74, 6) is -0.0312. The Bertz CT molecular complexity index is 470. The molecule has 1 aliphatic carbocycles. The third-order valence-corrected chi connectivity index (χ3v) is 3.81. The minimum absolute atomic E-state index is 0.0817. The van der Waals surface area contributed by atoms with Gasteiger partial charge in [-0.25, -0.2) is 0 Å². The van der Waals surface area contributed by atoms with Crippen molar-refractivity contribution < 1.29 is 18.3 Å². The van der Waals surface area contributed by atoms with Crippen molar-refractivity contribution in [2.24, 2.45) is 11.1 Å². The fourth-order valence-corrected chi connectivity index (χ4v) is 2.35. The molecule has 1 aromatic rings. The number of nitrogens with one attached hydrogen (secondary N) is 1. The number of amides is 1. The molecule has 0 saturated heterocycles. The molecule has 20 heavy (non-hydrogen) atoms. The van der Waals surface area contributed by atoms with Crippen molar-refractivity contribution in [1.29, 1.82) is 0 Å². The van der Waals surface area contributed by atoms with Crippen molar-refractivity contribution in [2.75, 3.05) is 6.54 Å².